The Kier molecular flexibility index (Phi) is 8.65. The predicted octanol–water partition coefficient (Wildman–Crippen LogP) is 4.02. The van der Waals surface area contributed by atoms with Crippen molar-refractivity contribution in [2.24, 2.45) is 11.8 Å². The summed E-state index contributed by atoms with van der Waals surface area (Å²) in [4.78, 5) is 21.3. The van der Waals surface area contributed by atoms with Crippen LogP contribution in [0, 0.1) is 11.8 Å². The molecular weight excluding hydrogens is 320 g/mol. The molecule has 2 unspecified atom stereocenters. The van der Waals surface area contributed by atoms with Gasteiger partial charge in [-0.3, -0.25) is 4.79 Å². The Morgan fingerprint density at radius 1 is 1.20 bits per heavy atom. The number of fused-ring (bicyclic) bond motifs is 2. The lowest BCUT2D eigenvalue weighted by Gasteiger charge is -2.27. The van der Waals surface area contributed by atoms with Crippen LogP contribution in [-0.2, 0) is 14.6 Å². The van der Waals surface area contributed by atoms with E-state index >= 15 is 0 Å². The van der Waals surface area contributed by atoms with E-state index in [4.69, 9.17) is 14.9 Å². The lowest BCUT2D eigenvalue weighted by atomic mass is 9.89. The van der Waals surface area contributed by atoms with Crippen molar-refractivity contribution in [3.05, 3.63) is 24.3 Å². The second kappa shape index (κ2) is 10.7. The summed E-state index contributed by atoms with van der Waals surface area (Å²) in [7, 11) is 0. The van der Waals surface area contributed by atoms with Crippen LogP contribution in [0.4, 0.5) is 0 Å². The molecule has 5 atom stereocenters. The van der Waals surface area contributed by atoms with E-state index in [1.165, 1.54) is 0 Å². The molecule has 0 radical (unpaired) electrons. The molecule has 2 fully saturated rings. The summed E-state index contributed by atoms with van der Waals surface area (Å²) in [6.45, 7) is 2.16. The lowest BCUT2D eigenvalue weighted by molar-refractivity contribution is -0.336. The van der Waals surface area contributed by atoms with E-state index in [1.807, 2.05) is 6.08 Å². The van der Waals surface area contributed by atoms with E-state index in [-0.39, 0.29) is 30.7 Å². The molecule has 0 aromatic heterocycles. The molecule has 142 valence electrons. The third-order valence-corrected chi connectivity index (χ3v) is 5.16. The van der Waals surface area contributed by atoms with Gasteiger partial charge in [-0.2, -0.15) is 0 Å². The number of carboxylic acid groups (broad SMARTS) is 1. The van der Waals surface area contributed by atoms with Crippen LogP contribution in [-0.4, -0.2) is 34.5 Å². The van der Waals surface area contributed by atoms with Crippen LogP contribution in [0.5, 0.6) is 0 Å². The van der Waals surface area contributed by atoms with E-state index in [0.29, 0.717) is 12.3 Å². The van der Waals surface area contributed by atoms with Gasteiger partial charge >= 0.3 is 5.97 Å². The number of allylic oxidation sites excluding steroid dienone is 2. The minimum absolute atomic E-state index is 0.0921. The smallest absolute Gasteiger partial charge is 0.303 e. The van der Waals surface area contributed by atoms with Crippen LogP contribution >= 0.6 is 0 Å². The van der Waals surface area contributed by atoms with Crippen molar-refractivity contribution < 1.29 is 24.8 Å². The predicted molar refractivity (Wildman–Crippen MR) is 95.9 cm³/mol. The zero-order valence-corrected chi connectivity index (χ0v) is 15.2. The van der Waals surface area contributed by atoms with Gasteiger partial charge < -0.3 is 10.2 Å². The molecule has 0 aromatic carbocycles. The fraction of sp³-hybridized carbons (Fsp3) is 0.750. The summed E-state index contributed by atoms with van der Waals surface area (Å²) < 4.78 is 0. The SMILES string of the molecule is CCCCC[C@H](O)/C=C/C1C(C/C=C\CCCC(=O)O)[C@@H]2C[C@H]1OO2. The number of aliphatic carboxylic acids is 1. The van der Waals surface area contributed by atoms with E-state index in [0.717, 1.165) is 44.9 Å². The van der Waals surface area contributed by atoms with Gasteiger partial charge in [0.2, 0.25) is 0 Å². The number of carboxylic acids is 1. The Balaban J connectivity index is 1.78. The summed E-state index contributed by atoms with van der Waals surface area (Å²) in [5, 5.41) is 18.7. The zero-order chi connectivity index (χ0) is 18.1. The molecule has 2 N–H and O–H groups in total. The molecule has 2 rings (SSSR count). The summed E-state index contributed by atoms with van der Waals surface area (Å²) in [6.07, 6.45) is 15.8. The first-order valence-electron chi connectivity index (χ1n) is 9.67. The van der Waals surface area contributed by atoms with Gasteiger partial charge in [-0.25, -0.2) is 9.78 Å². The Labute approximate surface area is 150 Å². The van der Waals surface area contributed by atoms with Crippen molar-refractivity contribution in [3.63, 3.8) is 0 Å². The number of hydrogen-bond donors (Lipinski definition) is 2. The van der Waals surface area contributed by atoms with Crippen LogP contribution < -0.4 is 0 Å². The van der Waals surface area contributed by atoms with E-state index in [1.54, 1.807) is 0 Å². The fourth-order valence-electron chi connectivity index (χ4n) is 3.72. The molecule has 0 spiro atoms. The molecule has 1 aliphatic heterocycles. The largest absolute Gasteiger partial charge is 0.481 e. The quantitative estimate of drug-likeness (QED) is 0.315. The highest BCUT2D eigenvalue weighted by molar-refractivity contribution is 5.66. The summed E-state index contributed by atoms with van der Waals surface area (Å²) in [5.41, 5.74) is 0. The van der Waals surface area contributed by atoms with Crippen molar-refractivity contribution in [2.75, 3.05) is 0 Å². The van der Waals surface area contributed by atoms with Gasteiger partial charge in [0.05, 0.1) is 12.2 Å². The van der Waals surface area contributed by atoms with E-state index < -0.39 is 5.97 Å². The average Bonchev–Trinajstić information content (AvgIpc) is 3.17. The van der Waals surface area contributed by atoms with Gasteiger partial charge in [0.15, 0.2) is 0 Å². The first-order chi connectivity index (χ1) is 12.1. The zero-order valence-electron chi connectivity index (χ0n) is 15.2. The van der Waals surface area contributed by atoms with Crippen LogP contribution in [0.3, 0.4) is 0 Å². The second-order valence-corrected chi connectivity index (χ2v) is 7.19. The Hall–Kier alpha value is -1.17. The molecule has 1 heterocycles. The topological polar surface area (TPSA) is 76.0 Å². The minimum atomic E-state index is -0.741. The average molecular weight is 352 g/mol. The maximum Gasteiger partial charge on any atom is 0.303 e. The highest BCUT2D eigenvalue weighted by atomic mass is 17.2. The van der Waals surface area contributed by atoms with Crippen LogP contribution in [0.25, 0.3) is 0 Å². The third-order valence-electron chi connectivity index (χ3n) is 5.16. The van der Waals surface area contributed by atoms with Crippen LogP contribution in [0.2, 0.25) is 0 Å². The van der Waals surface area contributed by atoms with Crippen molar-refractivity contribution in [1.82, 2.24) is 0 Å². The summed E-state index contributed by atoms with van der Waals surface area (Å²) in [5.74, 6) is -0.0912. The first kappa shape index (κ1) is 20.1. The van der Waals surface area contributed by atoms with Crippen molar-refractivity contribution in [1.29, 1.82) is 0 Å². The molecule has 0 amide bonds. The van der Waals surface area contributed by atoms with Gasteiger partial charge in [0.25, 0.3) is 0 Å². The molecule has 1 saturated carbocycles. The van der Waals surface area contributed by atoms with Crippen molar-refractivity contribution in [3.8, 4) is 0 Å². The lowest BCUT2D eigenvalue weighted by Crippen LogP contribution is -2.28. The first-order valence-corrected chi connectivity index (χ1v) is 9.67. The molecule has 0 aromatic rings. The highest BCUT2D eigenvalue weighted by Crippen LogP contribution is 2.44. The second-order valence-electron chi connectivity index (χ2n) is 7.19. The molecule has 5 nitrogen and oxygen atoms in total. The summed E-state index contributed by atoms with van der Waals surface area (Å²) >= 11 is 0. The molecule has 5 heteroatoms. The fourth-order valence-corrected chi connectivity index (χ4v) is 3.72. The van der Waals surface area contributed by atoms with E-state index in [2.05, 4.69) is 25.2 Å². The summed E-state index contributed by atoms with van der Waals surface area (Å²) in [6, 6.07) is 0. The molecule has 1 aliphatic carbocycles. The Morgan fingerprint density at radius 2 is 2.00 bits per heavy atom. The molecule has 2 aliphatic rings. The monoisotopic (exact) mass is 352 g/mol. The molecule has 1 saturated heterocycles. The van der Waals surface area contributed by atoms with Crippen molar-refractivity contribution in [2.45, 2.75) is 83.0 Å². The molecular formula is C20H32O5. The number of aliphatic hydroxyl groups is 1. The maximum absolute atomic E-state index is 10.5. The number of unbranched alkanes of at least 4 members (excludes halogenated alkanes) is 3. The van der Waals surface area contributed by atoms with Gasteiger partial charge in [0.1, 0.15) is 6.10 Å². The van der Waals surface area contributed by atoms with Gasteiger partial charge in [0, 0.05) is 24.7 Å². The van der Waals surface area contributed by atoms with Gasteiger partial charge in [-0.15, -0.1) is 0 Å². The maximum atomic E-state index is 10.5. The minimum Gasteiger partial charge on any atom is -0.481 e. The Morgan fingerprint density at radius 3 is 2.76 bits per heavy atom. The number of hydrogen-bond acceptors (Lipinski definition) is 4. The standard InChI is InChI=1S/C20H32O5/c1-2-3-6-9-15(21)12-13-17-16(18-14-19(17)25-24-18)10-7-4-5-8-11-20(22)23/h4,7,12-13,15-19,21H,2-3,5-6,8-11,14H2,1H3,(H,22,23)/b7-4-,13-12+/t15-,16?,17?,18-,19+/m0/s1. The third kappa shape index (κ3) is 6.57. The van der Waals surface area contributed by atoms with Crippen LogP contribution in [0.15, 0.2) is 24.3 Å². The van der Waals surface area contributed by atoms with Crippen molar-refractivity contribution >= 4 is 5.97 Å². The number of rotatable bonds is 12. The van der Waals surface area contributed by atoms with E-state index in [9.17, 15) is 9.90 Å². The Bertz CT molecular complexity index is 459. The number of aliphatic hydroxyl groups excluding tert-OH is 1. The van der Waals surface area contributed by atoms with Gasteiger partial charge in [-0.05, 0) is 25.7 Å². The highest BCUT2D eigenvalue weighted by Gasteiger charge is 2.49. The molecule has 25 heavy (non-hydrogen) atoms. The normalized spacial score (nSPS) is 29.8. The number of carbonyl (C=O) groups is 1. The van der Waals surface area contributed by atoms with Gasteiger partial charge in [-0.1, -0.05) is 50.5 Å². The molecule has 2 bridgehead atoms. The van der Waals surface area contributed by atoms with Crippen LogP contribution in [0.1, 0.15) is 64.7 Å².